The molecule has 0 saturated heterocycles. The van der Waals surface area contributed by atoms with Crippen molar-refractivity contribution in [1.29, 1.82) is 0 Å². The molecule has 1 aromatic heterocycles. The van der Waals surface area contributed by atoms with Gasteiger partial charge in [-0.3, -0.25) is 25.2 Å². The van der Waals surface area contributed by atoms with Crippen LogP contribution in [0.2, 0.25) is 0 Å². The molecule has 0 saturated carbocycles. The number of unbranched alkanes of at least 4 members (excludes halogenated alkanes) is 1. The lowest BCUT2D eigenvalue weighted by Crippen LogP contribution is -2.26. The van der Waals surface area contributed by atoms with E-state index in [2.05, 4.69) is 91.4 Å². The minimum absolute atomic E-state index is 0.0759. The lowest BCUT2D eigenvalue weighted by Gasteiger charge is -2.23. The lowest BCUT2D eigenvalue weighted by molar-refractivity contribution is -0.118. The molecular formula is C43H52N6O5S3. The number of ether oxygens (including phenoxy) is 1. The van der Waals surface area contributed by atoms with Crippen LogP contribution in [-0.4, -0.2) is 51.9 Å². The van der Waals surface area contributed by atoms with Crippen LogP contribution in [0, 0.1) is 10.8 Å². The number of benzene rings is 4. The number of hydrogen-bond acceptors (Lipinski definition) is 11. The molecule has 1 heterocycles. The third kappa shape index (κ3) is 13.7. The molecule has 14 heteroatoms. The number of anilines is 2. The number of nitrogens with zero attached hydrogens (tertiary/aromatic N) is 2. The van der Waals surface area contributed by atoms with Gasteiger partial charge in [-0.05, 0) is 83.4 Å². The van der Waals surface area contributed by atoms with Gasteiger partial charge in [0.2, 0.25) is 11.8 Å². The molecule has 0 aliphatic carbocycles. The highest BCUT2D eigenvalue weighted by Crippen LogP contribution is 2.41. The topological polar surface area (TPSA) is 155 Å². The van der Waals surface area contributed by atoms with Crippen molar-refractivity contribution in [2.45, 2.75) is 87.7 Å². The first-order valence-electron chi connectivity index (χ1n) is 18.9. The zero-order valence-corrected chi connectivity index (χ0v) is 36.0. The number of nitrogens with one attached hydrogen (secondary N) is 4. The van der Waals surface area contributed by atoms with E-state index in [0.717, 1.165) is 35.3 Å². The number of aromatic nitrogens is 2. The van der Waals surface area contributed by atoms with E-state index in [0.29, 0.717) is 45.0 Å². The quantitative estimate of drug-likeness (QED) is 0.0348. The lowest BCUT2D eigenvalue weighted by atomic mass is 9.84. The fourth-order valence-corrected chi connectivity index (χ4v) is 9.00. The number of phenols is 1. The normalized spacial score (nSPS) is 11.6. The van der Waals surface area contributed by atoms with E-state index in [-0.39, 0.29) is 45.6 Å². The SMILES string of the molecule is CC(=O)NNc1cccc(NC(=O)CSc2nnc(Sc3cc(C(=O)NCCCCOc4ccc(CC(C)(C)C)cc4CC(C)(C)C)c(O)c4ccccc34)s2)c1. The van der Waals surface area contributed by atoms with Crippen molar-refractivity contribution >= 4 is 74.7 Å². The van der Waals surface area contributed by atoms with Crippen molar-refractivity contribution in [3.8, 4) is 11.5 Å². The molecule has 5 aromatic rings. The minimum Gasteiger partial charge on any atom is -0.506 e. The molecule has 0 radical (unpaired) electrons. The van der Waals surface area contributed by atoms with Gasteiger partial charge in [-0.25, -0.2) is 0 Å². The number of fused-ring (bicyclic) bond motifs is 1. The van der Waals surface area contributed by atoms with Gasteiger partial charge >= 0.3 is 0 Å². The molecule has 0 fully saturated rings. The molecular weight excluding hydrogens is 777 g/mol. The first kappa shape index (κ1) is 43.3. The third-order valence-corrected chi connectivity index (χ3v) is 11.5. The van der Waals surface area contributed by atoms with Crippen LogP contribution < -0.4 is 26.2 Å². The highest BCUT2D eigenvalue weighted by molar-refractivity contribution is 8.03. The van der Waals surface area contributed by atoms with Crippen LogP contribution in [0.3, 0.4) is 0 Å². The highest BCUT2D eigenvalue weighted by atomic mass is 32.2. The number of carbonyl (C=O) groups is 3. The Morgan fingerprint density at radius 3 is 2.28 bits per heavy atom. The average Bonchev–Trinajstić information content (AvgIpc) is 3.59. The van der Waals surface area contributed by atoms with Gasteiger partial charge < -0.3 is 20.5 Å². The number of hydrogen-bond donors (Lipinski definition) is 5. The molecule has 0 spiro atoms. The summed E-state index contributed by atoms with van der Waals surface area (Å²) < 4.78 is 7.51. The van der Waals surface area contributed by atoms with E-state index in [9.17, 15) is 19.5 Å². The van der Waals surface area contributed by atoms with Crippen molar-refractivity contribution < 1.29 is 24.2 Å². The fraction of sp³-hybridized carbons (Fsp3) is 0.372. The van der Waals surface area contributed by atoms with Crippen LogP contribution in [0.25, 0.3) is 10.8 Å². The van der Waals surface area contributed by atoms with Crippen LogP contribution in [0.5, 0.6) is 11.5 Å². The summed E-state index contributed by atoms with van der Waals surface area (Å²) in [6, 6.07) is 22.6. The molecule has 0 aliphatic heterocycles. The van der Waals surface area contributed by atoms with Crippen LogP contribution in [0.15, 0.2) is 86.4 Å². The number of rotatable bonds is 17. The molecule has 4 aromatic carbocycles. The molecule has 57 heavy (non-hydrogen) atoms. The largest absolute Gasteiger partial charge is 0.506 e. The number of carbonyl (C=O) groups excluding carboxylic acids is 3. The number of phenolic OH excluding ortho intramolecular Hbond substituents is 1. The monoisotopic (exact) mass is 828 g/mol. The van der Waals surface area contributed by atoms with Gasteiger partial charge in [-0.15, -0.1) is 10.2 Å². The van der Waals surface area contributed by atoms with Crippen LogP contribution >= 0.6 is 34.9 Å². The Kier molecular flexibility index (Phi) is 14.9. The van der Waals surface area contributed by atoms with Crippen molar-refractivity contribution in [3.05, 3.63) is 89.5 Å². The molecule has 11 nitrogen and oxygen atoms in total. The zero-order valence-electron chi connectivity index (χ0n) is 33.6. The van der Waals surface area contributed by atoms with E-state index in [1.54, 1.807) is 36.4 Å². The number of hydrazine groups is 1. The van der Waals surface area contributed by atoms with Gasteiger partial charge in [0.05, 0.1) is 23.6 Å². The smallest absolute Gasteiger partial charge is 0.255 e. The van der Waals surface area contributed by atoms with Gasteiger partial charge in [0, 0.05) is 29.4 Å². The van der Waals surface area contributed by atoms with E-state index in [4.69, 9.17) is 4.74 Å². The standard InChI is InChI=1S/C43H52N6O5S3/c1-27(50)46-47-31-14-12-13-30(22-31)45-37(51)26-55-40-48-49-41(57-40)56-36-23-34(38(52)33-16-9-8-15-32(33)36)39(53)44-19-10-11-20-54-35-18-17-28(24-42(2,3)4)21-29(35)25-43(5,6)7/h8-9,12-18,21-23,47,52H,10-11,19-20,24-26H2,1-7H3,(H,44,53)(H,45,51)(H,46,50). The molecule has 3 amide bonds. The minimum atomic E-state index is -0.362. The number of aromatic hydroxyl groups is 1. The van der Waals surface area contributed by atoms with Crippen molar-refractivity contribution in [1.82, 2.24) is 20.9 Å². The fourth-order valence-electron chi connectivity index (χ4n) is 6.05. The van der Waals surface area contributed by atoms with Gasteiger partial charge in [-0.1, -0.05) is 119 Å². The molecule has 0 unspecified atom stereocenters. The van der Waals surface area contributed by atoms with Gasteiger partial charge in [-0.2, -0.15) is 0 Å². The van der Waals surface area contributed by atoms with Gasteiger partial charge in [0.15, 0.2) is 8.68 Å². The second-order valence-corrected chi connectivity index (χ2v) is 19.7. The van der Waals surface area contributed by atoms with Gasteiger partial charge in [0.1, 0.15) is 11.5 Å². The summed E-state index contributed by atoms with van der Waals surface area (Å²) in [5, 5.41) is 26.9. The van der Waals surface area contributed by atoms with Crippen molar-refractivity contribution in [3.63, 3.8) is 0 Å². The summed E-state index contributed by atoms with van der Waals surface area (Å²) >= 11 is 3.95. The first-order chi connectivity index (χ1) is 27.0. The molecule has 0 aliphatic rings. The Hall–Kier alpha value is -4.79. The van der Waals surface area contributed by atoms with E-state index in [1.807, 2.05) is 18.2 Å². The van der Waals surface area contributed by atoms with E-state index < -0.39 is 0 Å². The maximum atomic E-state index is 13.4. The Morgan fingerprint density at radius 2 is 1.54 bits per heavy atom. The van der Waals surface area contributed by atoms with Gasteiger partial charge in [0.25, 0.3) is 5.91 Å². The molecule has 5 N–H and O–H groups in total. The summed E-state index contributed by atoms with van der Waals surface area (Å²) in [6.07, 6.45) is 3.39. The third-order valence-electron chi connectivity index (χ3n) is 8.36. The highest BCUT2D eigenvalue weighted by Gasteiger charge is 2.20. The second-order valence-electron chi connectivity index (χ2n) is 16.2. The Balaban J connectivity index is 1.15. The molecule has 5 rings (SSSR count). The number of amides is 3. The molecule has 0 atom stereocenters. The molecule has 302 valence electrons. The summed E-state index contributed by atoms with van der Waals surface area (Å²) in [5.74, 6) is 0.139. The summed E-state index contributed by atoms with van der Waals surface area (Å²) in [4.78, 5) is 38.1. The first-order valence-corrected chi connectivity index (χ1v) is 21.5. The Bertz CT molecular complexity index is 2190. The summed E-state index contributed by atoms with van der Waals surface area (Å²) in [6.45, 7) is 15.8. The van der Waals surface area contributed by atoms with Crippen LogP contribution in [-0.2, 0) is 22.4 Å². The summed E-state index contributed by atoms with van der Waals surface area (Å²) in [7, 11) is 0. The number of thioether (sulfide) groups is 1. The predicted molar refractivity (Wildman–Crippen MR) is 233 cm³/mol. The zero-order chi connectivity index (χ0) is 41.2. The predicted octanol–water partition coefficient (Wildman–Crippen LogP) is 9.51. The maximum Gasteiger partial charge on any atom is 0.255 e. The molecule has 0 bridgehead atoms. The Labute approximate surface area is 347 Å². The van der Waals surface area contributed by atoms with E-state index in [1.165, 1.54) is 52.9 Å². The second kappa shape index (κ2) is 19.6. The van der Waals surface area contributed by atoms with Crippen molar-refractivity contribution in [2.75, 3.05) is 29.6 Å². The average molecular weight is 829 g/mol. The van der Waals surface area contributed by atoms with Crippen LogP contribution in [0.1, 0.15) is 82.8 Å². The van der Waals surface area contributed by atoms with Crippen LogP contribution in [0.4, 0.5) is 11.4 Å². The Morgan fingerprint density at radius 1 is 0.825 bits per heavy atom. The summed E-state index contributed by atoms with van der Waals surface area (Å²) in [5.41, 5.74) is 9.54. The van der Waals surface area contributed by atoms with E-state index >= 15 is 0 Å². The van der Waals surface area contributed by atoms with Crippen molar-refractivity contribution in [2.24, 2.45) is 10.8 Å². The maximum absolute atomic E-state index is 13.4.